The number of methoxy groups -OCH3 is 1. The van der Waals surface area contributed by atoms with Crippen LogP contribution in [0.5, 0.6) is 0 Å². The highest BCUT2D eigenvalue weighted by molar-refractivity contribution is 7.91. The molecular weight excluding hydrogens is 366 g/mol. The number of carbonyl (C=O) groups is 2. The molecular formula is C15H19N3O7S. The molecule has 1 aliphatic heterocycles. The number of carbonyl (C=O) groups excluding carboxylic acids is 2. The van der Waals surface area contributed by atoms with Gasteiger partial charge in [0.2, 0.25) is 0 Å². The van der Waals surface area contributed by atoms with Crippen LogP contribution >= 0.6 is 0 Å². The maximum Gasteiger partial charge on any atom is 0.314 e. The number of ether oxygens (including phenoxy) is 1. The predicted molar refractivity (Wildman–Crippen MR) is 92.4 cm³/mol. The molecule has 1 N–H and O–H groups in total. The van der Waals surface area contributed by atoms with Crippen LogP contribution in [0, 0.1) is 10.1 Å². The lowest BCUT2D eigenvalue weighted by Gasteiger charge is -2.27. The number of hydrogen-bond donors (Lipinski definition) is 1. The highest BCUT2D eigenvalue weighted by Crippen LogP contribution is 2.24. The average Bonchev–Trinajstić information content (AvgIpc) is 2.95. The Morgan fingerprint density at radius 1 is 1.38 bits per heavy atom. The summed E-state index contributed by atoms with van der Waals surface area (Å²) < 4.78 is 28.3. The largest absolute Gasteiger partial charge is 0.383 e. The zero-order valence-corrected chi connectivity index (χ0v) is 14.9. The number of benzene rings is 1. The van der Waals surface area contributed by atoms with E-state index in [1.807, 2.05) is 0 Å². The summed E-state index contributed by atoms with van der Waals surface area (Å²) >= 11 is 0. The Morgan fingerprint density at radius 2 is 2.08 bits per heavy atom. The summed E-state index contributed by atoms with van der Waals surface area (Å²) in [6.07, 6.45) is 0.233. The number of nitrogens with one attached hydrogen (secondary N) is 1. The van der Waals surface area contributed by atoms with Crippen LogP contribution in [0.25, 0.3) is 0 Å². The van der Waals surface area contributed by atoms with E-state index in [2.05, 4.69) is 5.32 Å². The first-order valence-electron chi connectivity index (χ1n) is 7.80. The van der Waals surface area contributed by atoms with Crippen molar-refractivity contribution in [2.75, 3.05) is 37.1 Å². The van der Waals surface area contributed by atoms with Crippen molar-refractivity contribution in [1.82, 2.24) is 4.90 Å². The van der Waals surface area contributed by atoms with Crippen molar-refractivity contribution >= 4 is 33.0 Å². The molecule has 1 heterocycles. The fraction of sp³-hybridized carbons (Fsp3) is 0.467. The molecule has 1 aromatic carbocycles. The van der Waals surface area contributed by atoms with Gasteiger partial charge < -0.3 is 15.0 Å². The van der Waals surface area contributed by atoms with Crippen molar-refractivity contribution in [1.29, 1.82) is 0 Å². The molecule has 11 heteroatoms. The van der Waals surface area contributed by atoms with Gasteiger partial charge in [0.25, 0.3) is 5.69 Å². The fourth-order valence-corrected chi connectivity index (χ4v) is 4.44. The van der Waals surface area contributed by atoms with E-state index >= 15 is 0 Å². The predicted octanol–water partition coefficient (Wildman–Crippen LogP) is 0.195. The van der Waals surface area contributed by atoms with E-state index in [1.165, 1.54) is 31.4 Å². The molecule has 2 rings (SSSR count). The lowest BCUT2D eigenvalue weighted by atomic mass is 10.2. The average molecular weight is 385 g/mol. The van der Waals surface area contributed by atoms with Gasteiger partial charge in [0.1, 0.15) is 5.69 Å². The van der Waals surface area contributed by atoms with E-state index in [4.69, 9.17) is 4.74 Å². The number of nitro groups is 1. The minimum atomic E-state index is -3.26. The first-order chi connectivity index (χ1) is 12.2. The summed E-state index contributed by atoms with van der Waals surface area (Å²) in [5.74, 6) is -2.30. The molecule has 142 valence electrons. The number of para-hydroxylation sites is 2. The molecule has 2 amide bonds. The van der Waals surface area contributed by atoms with E-state index in [9.17, 15) is 28.1 Å². The lowest BCUT2D eigenvalue weighted by Crippen LogP contribution is -2.48. The number of nitro benzene ring substituents is 1. The van der Waals surface area contributed by atoms with Gasteiger partial charge in [-0.1, -0.05) is 12.1 Å². The smallest absolute Gasteiger partial charge is 0.314 e. The first-order valence-corrected chi connectivity index (χ1v) is 9.62. The van der Waals surface area contributed by atoms with Gasteiger partial charge in [-0.25, -0.2) is 8.42 Å². The van der Waals surface area contributed by atoms with E-state index in [0.29, 0.717) is 0 Å². The quantitative estimate of drug-likeness (QED) is 0.419. The van der Waals surface area contributed by atoms with Crippen molar-refractivity contribution in [3.63, 3.8) is 0 Å². The van der Waals surface area contributed by atoms with Crippen molar-refractivity contribution in [2.24, 2.45) is 0 Å². The van der Waals surface area contributed by atoms with E-state index in [0.717, 1.165) is 4.90 Å². The van der Waals surface area contributed by atoms with Gasteiger partial charge in [0, 0.05) is 25.8 Å². The Hall–Kier alpha value is -2.53. The van der Waals surface area contributed by atoms with Gasteiger partial charge in [-0.05, 0) is 12.5 Å². The second-order valence-electron chi connectivity index (χ2n) is 5.78. The second-order valence-corrected chi connectivity index (χ2v) is 8.01. The van der Waals surface area contributed by atoms with Crippen molar-refractivity contribution in [3.05, 3.63) is 34.4 Å². The van der Waals surface area contributed by atoms with Crippen LogP contribution in [0.2, 0.25) is 0 Å². The molecule has 0 radical (unpaired) electrons. The molecule has 26 heavy (non-hydrogen) atoms. The van der Waals surface area contributed by atoms with E-state index in [-0.39, 0.29) is 42.5 Å². The zero-order valence-electron chi connectivity index (χ0n) is 14.1. The number of rotatable bonds is 6. The molecule has 0 aliphatic carbocycles. The Bertz CT molecular complexity index is 809. The summed E-state index contributed by atoms with van der Waals surface area (Å²) in [5, 5.41) is 13.2. The zero-order chi connectivity index (χ0) is 19.3. The normalized spacial score (nSPS) is 18.3. The van der Waals surface area contributed by atoms with Gasteiger partial charge in [-0.3, -0.25) is 19.7 Å². The molecule has 1 aliphatic rings. The molecule has 0 saturated carbocycles. The number of hydrogen-bond acceptors (Lipinski definition) is 7. The fourth-order valence-electron chi connectivity index (χ4n) is 2.71. The van der Waals surface area contributed by atoms with Gasteiger partial charge in [0.05, 0.1) is 23.0 Å². The highest BCUT2D eigenvalue weighted by Gasteiger charge is 2.36. The Balaban J connectivity index is 2.17. The number of amides is 2. The molecule has 1 aromatic rings. The van der Waals surface area contributed by atoms with Crippen LogP contribution < -0.4 is 5.32 Å². The molecule has 1 saturated heterocycles. The summed E-state index contributed by atoms with van der Waals surface area (Å²) in [7, 11) is -1.84. The summed E-state index contributed by atoms with van der Waals surface area (Å²) in [6, 6.07) is 4.80. The maximum atomic E-state index is 12.5. The van der Waals surface area contributed by atoms with Crippen LogP contribution in [0.4, 0.5) is 11.4 Å². The molecule has 0 aromatic heterocycles. The van der Waals surface area contributed by atoms with Gasteiger partial charge >= 0.3 is 11.8 Å². The van der Waals surface area contributed by atoms with Gasteiger partial charge in [0.15, 0.2) is 9.84 Å². The van der Waals surface area contributed by atoms with Crippen LogP contribution in [0.3, 0.4) is 0 Å². The monoisotopic (exact) mass is 385 g/mol. The number of sulfone groups is 1. The van der Waals surface area contributed by atoms with Gasteiger partial charge in [-0.2, -0.15) is 0 Å². The van der Waals surface area contributed by atoms with Crippen molar-refractivity contribution < 1.29 is 27.7 Å². The third-order valence-corrected chi connectivity index (χ3v) is 5.74. The Kier molecular flexibility index (Phi) is 6.27. The van der Waals surface area contributed by atoms with Gasteiger partial charge in [-0.15, -0.1) is 0 Å². The Labute approximate surface area is 150 Å². The highest BCUT2D eigenvalue weighted by atomic mass is 32.2. The van der Waals surface area contributed by atoms with Crippen molar-refractivity contribution in [2.45, 2.75) is 12.5 Å². The minimum absolute atomic E-state index is 0.0415. The molecule has 1 atom stereocenters. The van der Waals surface area contributed by atoms with Crippen LogP contribution in [0.15, 0.2) is 24.3 Å². The molecule has 0 bridgehead atoms. The van der Waals surface area contributed by atoms with E-state index in [1.54, 1.807) is 0 Å². The summed E-state index contributed by atoms with van der Waals surface area (Å²) in [5.41, 5.74) is -0.456. The van der Waals surface area contributed by atoms with Crippen LogP contribution in [0.1, 0.15) is 6.42 Å². The van der Waals surface area contributed by atoms with Crippen molar-refractivity contribution in [3.8, 4) is 0 Å². The third kappa shape index (κ3) is 4.76. The molecule has 0 spiro atoms. The third-order valence-electron chi connectivity index (χ3n) is 3.99. The standard InChI is InChI=1S/C15H19N3O7S/c1-25-8-7-17(11-6-9-26(23,24)10-11)15(20)14(19)16-12-4-2-3-5-13(12)18(21)22/h2-5,11H,6-10H2,1H3,(H,16,19). The second kappa shape index (κ2) is 8.23. The van der Waals surface area contributed by atoms with Crippen LogP contribution in [-0.4, -0.2) is 67.9 Å². The molecule has 1 unspecified atom stereocenters. The first kappa shape index (κ1) is 19.8. The SMILES string of the molecule is COCCN(C(=O)C(=O)Nc1ccccc1[N+](=O)[O-])C1CCS(=O)(=O)C1. The maximum absolute atomic E-state index is 12.5. The summed E-state index contributed by atoms with van der Waals surface area (Å²) in [6.45, 7) is 0.168. The van der Waals surface area contributed by atoms with Crippen LogP contribution in [-0.2, 0) is 24.2 Å². The van der Waals surface area contributed by atoms with E-state index < -0.39 is 32.6 Å². The molecule has 10 nitrogen and oxygen atoms in total. The summed E-state index contributed by atoms with van der Waals surface area (Å²) in [4.78, 5) is 36.3. The lowest BCUT2D eigenvalue weighted by molar-refractivity contribution is -0.383. The Morgan fingerprint density at radius 3 is 2.65 bits per heavy atom. The number of anilines is 1. The number of nitrogens with zero attached hydrogens (tertiary/aromatic N) is 2. The molecule has 1 fully saturated rings. The minimum Gasteiger partial charge on any atom is -0.383 e. The topological polar surface area (TPSA) is 136 Å².